The fourth-order valence-electron chi connectivity index (χ4n) is 3.53. The fraction of sp³-hybridized carbons (Fsp3) is 0.947. The van der Waals surface area contributed by atoms with Crippen LogP contribution in [0.15, 0.2) is 4.99 Å². The van der Waals surface area contributed by atoms with Gasteiger partial charge < -0.3 is 17.3 Å². The molecule has 0 saturated carbocycles. The van der Waals surface area contributed by atoms with E-state index in [1.165, 1.54) is 57.7 Å². The van der Waals surface area contributed by atoms with Crippen molar-refractivity contribution in [3.05, 3.63) is 0 Å². The Morgan fingerprint density at radius 2 is 1.13 bits per heavy atom. The predicted octanol–water partition coefficient (Wildman–Crippen LogP) is 1.93. The minimum Gasteiger partial charge on any atom is -1.00 e. The van der Waals surface area contributed by atoms with Gasteiger partial charge >= 0.3 is 0 Å². The van der Waals surface area contributed by atoms with Crippen LogP contribution in [0, 0.1) is 0 Å². The molecule has 23 heavy (non-hydrogen) atoms. The maximum absolute atomic E-state index is 5.12. The van der Waals surface area contributed by atoms with Crippen LogP contribution in [0.25, 0.3) is 0 Å². The van der Waals surface area contributed by atoms with Crippen LogP contribution in [-0.2, 0) is 0 Å². The van der Waals surface area contributed by atoms with Gasteiger partial charge in [0.15, 0.2) is 0 Å². The monoisotopic (exact) mass is 347 g/mol. The van der Waals surface area contributed by atoms with Crippen LogP contribution in [0.3, 0.4) is 0 Å². The fourth-order valence-corrected chi connectivity index (χ4v) is 3.53. The largest absolute Gasteiger partial charge is 1.00 e. The molecule has 0 aromatic heterocycles. The number of hydrogen-bond acceptors (Lipinski definition) is 1. The highest BCUT2D eigenvalue weighted by molar-refractivity contribution is 5.73. The zero-order valence-corrected chi connectivity index (χ0v) is 17.5. The van der Waals surface area contributed by atoms with E-state index in [4.69, 9.17) is 4.99 Å². The molecule has 0 aliphatic rings. The summed E-state index contributed by atoms with van der Waals surface area (Å²) in [7, 11) is 0. The minimum atomic E-state index is 0. The first-order valence-corrected chi connectivity index (χ1v) is 9.81. The molecule has 0 spiro atoms. The van der Waals surface area contributed by atoms with Crippen molar-refractivity contribution in [1.29, 1.82) is 0 Å². The van der Waals surface area contributed by atoms with Crippen molar-refractivity contribution < 1.29 is 16.9 Å². The third-order valence-electron chi connectivity index (χ3n) is 4.13. The molecule has 0 heterocycles. The number of quaternary nitrogens is 1. The van der Waals surface area contributed by atoms with Crippen molar-refractivity contribution in [1.82, 2.24) is 4.90 Å². The van der Waals surface area contributed by atoms with Crippen LogP contribution < -0.4 is 12.4 Å². The molecule has 0 bridgehead atoms. The highest BCUT2D eigenvalue weighted by Gasteiger charge is 2.35. The zero-order valence-electron chi connectivity index (χ0n) is 16.7. The van der Waals surface area contributed by atoms with Crippen molar-refractivity contribution in [2.45, 2.75) is 80.1 Å². The van der Waals surface area contributed by atoms with Gasteiger partial charge in [0, 0.05) is 19.6 Å². The van der Waals surface area contributed by atoms with E-state index in [0.29, 0.717) is 0 Å². The summed E-state index contributed by atoms with van der Waals surface area (Å²) in [4.78, 5) is 7.72. The smallest absolute Gasteiger partial charge is 0.300 e. The van der Waals surface area contributed by atoms with Crippen LogP contribution in [0.4, 0.5) is 0 Å². The van der Waals surface area contributed by atoms with E-state index < -0.39 is 0 Å². The Hall–Kier alpha value is -0.280. The lowest BCUT2D eigenvalue weighted by Crippen LogP contribution is -3.00. The van der Waals surface area contributed by atoms with Crippen LogP contribution >= 0.6 is 0 Å². The van der Waals surface area contributed by atoms with E-state index >= 15 is 0 Å². The van der Waals surface area contributed by atoms with Crippen LogP contribution in [0.2, 0.25) is 0 Å². The van der Waals surface area contributed by atoms with Gasteiger partial charge in [-0.3, -0.25) is 4.48 Å². The van der Waals surface area contributed by atoms with Gasteiger partial charge in [-0.15, -0.1) is 0 Å². The van der Waals surface area contributed by atoms with E-state index in [9.17, 15) is 0 Å². The lowest BCUT2D eigenvalue weighted by atomic mass is 10.2. The van der Waals surface area contributed by atoms with E-state index in [-0.39, 0.29) is 12.4 Å². The Bertz CT molecular complexity index is 269. The molecule has 140 valence electrons. The molecule has 0 aliphatic carbocycles. The second kappa shape index (κ2) is 15.3. The zero-order chi connectivity index (χ0) is 16.8. The Balaban J connectivity index is 0. The minimum absolute atomic E-state index is 0. The quantitative estimate of drug-likeness (QED) is 0.299. The Kier molecular flexibility index (Phi) is 16.6. The molecule has 0 aromatic rings. The maximum atomic E-state index is 5.12. The molecule has 0 aliphatic heterocycles. The molecule has 0 saturated heterocycles. The molecular weight excluding hydrogens is 306 g/mol. The van der Waals surface area contributed by atoms with Crippen molar-refractivity contribution in [3.8, 4) is 0 Å². The van der Waals surface area contributed by atoms with Gasteiger partial charge in [-0.25, -0.2) is 4.99 Å². The van der Waals surface area contributed by atoms with E-state index in [0.717, 1.165) is 30.5 Å². The second-order valence-electron chi connectivity index (χ2n) is 6.48. The van der Waals surface area contributed by atoms with Crippen molar-refractivity contribution in [3.63, 3.8) is 0 Å². The molecule has 0 aromatic carbocycles. The highest BCUT2D eigenvalue weighted by atomic mass is 35.5. The number of halogens is 1. The normalized spacial score (nSPS) is 12.2. The summed E-state index contributed by atoms with van der Waals surface area (Å²) in [5.41, 5.74) is 0. The number of rotatable bonds is 12. The molecule has 0 atom stereocenters. The molecular formula is C19H42ClN3. The van der Waals surface area contributed by atoms with Crippen molar-refractivity contribution >= 4 is 5.96 Å². The van der Waals surface area contributed by atoms with E-state index in [1.807, 2.05) is 0 Å². The highest BCUT2D eigenvalue weighted by Crippen LogP contribution is 2.18. The summed E-state index contributed by atoms with van der Waals surface area (Å²) < 4.78 is 1.10. The molecule has 4 heteroatoms. The first kappa shape index (κ1) is 25.0. The lowest BCUT2D eigenvalue weighted by Gasteiger charge is -2.42. The first-order valence-electron chi connectivity index (χ1n) is 9.81. The summed E-state index contributed by atoms with van der Waals surface area (Å²) in [6, 6.07) is 0. The summed E-state index contributed by atoms with van der Waals surface area (Å²) in [5.74, 6) is 1.39. The van der Waals surface area contributed by atoms with Gasteiger partial charge in [-0.2, -0.15) is 0 Å². The molecule has 0 radical (unpaired) electrons. The van der Waals surface area contributed by atoms with Gasteiger partial charge in [0.05, 0.1) is 19.6 Å². The summed E-state index contributed by atoms with van der Waals surface area (Å²) in [6.45, 7) is 20.7. The first-order chi connectivity index (χ1) is 10.7. The Morgan fingerprint density at radius 1 is 0.696 bits per heavy atom. The average Bonchev–Trinajstić information content (AvgIpc) is 2.49. The van der Waals surface area contributed by atoms with E-state index in [2.05, 4.69) is 46.4 Å². The molecule has 0 amide bonds. The van der Waals surface area contributed by atoms with Gasteiger partial charge in [-0.1, -0.05) is 41.5 Å². The molecule has 0 rings (SSSR count). The van der Waals surface area contributed by atoms with Gasteiger partial charge in [0.1, 0.15) is 0 Å². The van der Waals surface area contributed by atoms with Crippen molar-refractivity contribution in [2.75, 3.05) is 39.3 Å². The Labute approximate surface area is 152 Å². The number of nitrogens with zero attached hydrogens (tertiary/aromatic N) is 3. The molecule has 0 unspecified atom stereocenters. The summed E-state index contributed by atoms with van der Waals surface area (Å²) >= 11 is 0. The van der Waals surface area contributed by atoms with Crippen LogP contribution in [0.1, 0.15) is 80.1 Å². The average molecular weight is 348 g/mol. The van der Waals surface area contributed by atoms with Crippen LogP contribution in [0.5, 0.6) is 0 Å². The number of aliphatic imine (C=N–C) groups is 1. The number of hydrogen-bond donors (Lipinski definition) is 0. The third kappa shape index (κ3) is 8.39. The predicted molar refractivity (Wildman–Crippen MR) is 100 cm³/mol. The Morgan fingerprint density at radius 3 is 1.43 bits per heavy atom. The lowest BCUT2D eigenvalue weighted by molar-refractivity contribution is -0.847. The summed E-state index contributed by atoms with van der Waals surface area (Å²) in [5, 5.41) is 0. The molecule has 3 nitrogen and oxygen atoms in total. The number of guanidine groups is 1. The topological polar surface area (TPSA) is 15.6 Å². The summed E-state index contributed by atoms with van der Waals surface area (Å²) in [6.07, 6.45) is 7.25. The maximum Gasteiger partial charge on any atom is 0.300 e. The van der Waals surface area contributed by atoms with Gasteiger partial charge in [-0.05, 0) is 38.5 Å². The van der Waals surface area contributed by atoms with Gasteiger partial charge in [0.2, 0.25) is 0 Å². The third-order valence-corrected chi connectivity index (χ3v) is 4.13. The van der Waals surface area contributed by atoms with E-state index in [1.54, 1.807) is 0 Å². The second-order valence-corrected chi connectivity index (χ2v) is 6.48. The van der Waals surface area contributed by atoms with Crippen molar-refractivity contribution in [2.24, 2.45) is 4.99 Å². The van der Waals surface area contributed by atoms with Crippen LogP contribution in [-0.4, -0.2) is 54.6 Å². The SMILES string of the molecule is CCC/N=C(\N(CCC)CCC)[N+](CCC)(CCC)CCC.[Cl-]. The molecule has 0 fully saturated rings. The standard InChI is InChI=1S/C19H42N3.ClH/c1-7-13-20-19(21(14-8-2)15-9-3)22(16-10-4,17-11-5)18-12-6;/h7-18H2,1-6H3;1H/q+1;/p-1/b20-19+;. The molecule has 0 N–H and O–H groups in total. The van der Waals surface area contributed by atoms with Gasteiger partial charge in [0.25, 0.3) is 5.96 Å².